The molecule has 1 aliphatic rings. The van der Waals surface area contributed by atoms with Crippen molar-refractivity contribution in [2.75, 3.05) is 12.8 Å². The van der Waals surface area contributed by atoms with Crippen molar-refractivity contribution in [3.8, 4) is 11.6 Å². The molecule has 0 aromatic carbocycles. The molecule has 2 aromatic rings. The highest BCUT2D eigenvalue weighted by atomic mass is 35.5. The van der Waals surface area contributed by atoms with Crippen molar-refractivity contribution < 1.29 is 58.2 Å². The number of amides is 1. The highest BCUT2D eigenvalue weighted by Gasteiger charge is 2.56. The summed E-state index contributed by atoms with van der Waals surface area (Å²) in [4.78, 5) is 20.8. The number of carbonyl (C=O) groups excluding carboxylic acids is 1. The first-order valence-corrected chi connectivity index (χ1v) is 15.0. The number of imidazole rings is 1. The summed E-state index contributed by atoms with van der Waals surface area (Å²) in [6.45, 7) is -2.34. The van der Waals surface area contributed by atoms with Gasteiger partial charge in [0, 0.05) is 25.4 Å². The first kappa shape index (κ1) is 34.8. The van der Waals surface area contributed by atoms with Crippen LogP contribution < -0.4 is 10.1 Å². The van der Waals surface area contributed by atoms with E-state index in [2.05, 4.69) is 20.0 Å². The third-order valence-corrected chi connectivity index (χ3v) is 9.05. The number of aromatic nitrogens is 3. The van der Waals surface area contributed by atoms with E-state index in [1.807, 2.05) is 0 Å². The molecule has 2 aromatic heterocycles. The predicted molar refractivity (Wildman–Crippen MR) is 136 cm³/mol. The van der Waals surface area contributed by atoms with Gasteiger partial charge >= 0.3 is 19.0 Å². The van der Waals surface area contributed by atoms with Crippen molar-refractivity contribution in [3.05, 3.63) is 34.5 Å². The monoisotopic (exact) mass is 670 g/mol. The predicted octanol–water partition coefficient (Wildman–Crippen LogP) is 4.82. The maximum absolute atomic E-state index is 13.2. The van der Waals surface area contributed by atoms with Crippen LogP contribution in [0.5, 0.6) is 5.75 Å². The Morgan fingerprint density at radius 3 is 2.28 bits per heavy atom. The topological polar surface area (TPSA) is 123 Å². The number of rotatable bonds is 10. The smallest absolute Gasteiger partial charge is 0.400 e. The van der Waals surface area contributed by atoms with E-state index in [1.54, 1.807) is 0 Å². The highest BCUT2D eigenvalue weighted by Crippen LogP contribution is 2.42. The van der Waals surface area contributed by atoms with Crippen LogP contribution in [0.25, 0.3) is 5.82 Å². The van der Waals surface area contributed by atoms with Gasteiger partial charge in [-0.05, 0) is 43.7 Å². The number of sulfone groups is 1. The Balaban J connectivity index is 1.91. The van der Waals surface area contributed by atoms with E-state index in [1.165, 1.54) is 6.92 Å². The lowest BCUT2D eigenvalue weighted by molar-refractivity contribution is -0.283. The molecule has 0 bridgehead atoms. The van der Waals surface area contributed by atoms with Gasteiger partial charge in [0.1, 0.15) is 20.8 Å². The van der Waals surface area contributed by atoms with Gasteiger partial charge in [0.15, 0.2) is 23.2 Å². The molecule has 3 rings (SSSR count). The molecule has 1 aliphatic carbocycles. The van der Waals surface area contributed by atoms with Gasteiger partial charge in [0.2, 0.25) is 0 Å². The summed E-state index contributed by atoms with van der Waals surface area (Å²) in [6, 6.07) is 0.539. The van der Waals surface area contributed by atoms with Crippen LogP contribution in [0.2, 0.25) is 5.15 Å². The SMILES string of the molecule is CCc1nc(C(=O)NC[C@]2(O)CC[C@@H](S(C)(=O)=O)CC2)c(Cl)n1-c1ncc(CC(C(F)(F)F)C(F)(F)F)cc1OC(F)F. The Morgan fingerprint density at radius 2 is 1.79 bits per heavy atom. The van der Waals surface area contributed by atoms with Crippen LogP contribution >= 0.6 is 11.6 Å². The van der Waals surface area contributed by atoms with Crippen LogP contribution in [0.4, 0.5) is 35.1 Å². The standard InChI is InChI=1S/C24H27ClF8N4O5S/c1-3-16-36-17(20(38)35-11-22(39)6-4-13(5-7-22)43(2,40)41)18(25)37(16)19-14(42-21(26)27)8-12(10-34-19)9-15(23(28,29)30)24(31,32)33/h8,10,13,15,21,39H,3-7,9,11H2,1-2H3,(H,35,38)/t13-,22+. The molecule has 1 fully saturated rings. The molecule has 242 valence electrons. The number of carbonyl (C=O) groups is 1. The first-order chi connectivity index (χ1) is 19.7. The van der Waals surface area contributed by atoms with E-state index in [-0.39, 0.29) is 44.5 Å². The molecule has 0 saturated heterocycles. The maximum atomic E-state index is 13.2. The number of aryl methyl sites for hydroxylation is 1. The quantitative estimate of drug-likeness (QED) is 0.348. The Hall–Kier alpha value is -2.73. The second kappa shape index (κ2) is 12.7. The molecule has 1 amide bonds. The lowest BCUT2D eigenvalue weighted by atomic mass is 9.84. The molecule has 43 heavy (non-hydrogen) atoms. The first-order valence-electron chi connectivity index (χ1n) is 12.7. The number of alkyl halides is 8. The third-order valence-electron chi connectivity index (χ3n) is 7.02. The number of ether oxygens (including phenoxy) is 1. The second-order valence-electron chi connectivity index (χ2n) is 10.2. The van der Waals surface area contributed by atoms with E-state index in [9.17, 15) is 53.4 Å². The number of nitrogens with zero attached hydrogens (tertiary/aromatic N) is 3. The lowest BCUT2D eigenvalue weighted by Crippen LogP contribution is -2.47. The Kier molecular flexibility index (Phi) is 10.3. The van der Waals surface area contributed by atoms with E-state index >= 15 is 0 Å². The van der Waals surface area contributed by atoms with Gasteiger partial charge < -0.3 is 15.2 Å². The summed E-state index contributed by atoms with van der Waals surface area (Å²) in [5.74, 6) is -6.27. The third kappa shape index (κ3) is 8.47. The minimum Gasteiger partial charge on any atom is -0.431 e. The molecule has 0 unspecified atom stereocenters. The summed E-state index contributed by atoms with van der Waals surface area (Å²) < 4.78 is 134. The Bertz CT molecular complexity index is 1410. The molecule has 0 spiro atoms. The van der Waals surface area contributed by atoms with Crippen LogP contribution in [-0.2, 0) is 22.7 Å². The van der Waals surface area contributed by atoms with Gasteiger partial charge in [-0.15, -0.1) is 0 Å². The summed E-state index contributed by atoms with van der Waals surface area (Å²) in [5.41, 5.74) is -2.60. The summed E-state index contributed by atoms with van der Waals surface area (Å²) in [7, 11) is -3.31. The number of halogens is 9. The minimum absolute atomic E-state index is 0.00554. The normalized spacial score (nSPS) is 20.1. The Morgan fingerprint density at radius 1 is 1.21 bits per heavy atom. The van der Waals surface area contributed by atoms with Crippen LogP contribution in [0.1, 0.15) is 54.5 Å². The molecule has 19 heteroatoms. The average Bonchev–Trinajstić information content (AvgIpc) is 3.20. The van der Waals surface area contributed by atoms with E-state index in [0.717, 1.165) is 10.8 Å². The van der Waals surface area contributed by atoms with Crippen molar-refractivity contribution in [1.82, 2.24) is 19.9 Å². The number of nitrogens with one attached hydrogen (secondary N) is 1. The summed E-state index contributed by atoms with van der Waals surface area (Å²) in [5, 5.41) is 12.1. The average molecular weight is 671 g/mol. The van der Waals surface area contributed by atoms with Crippen molar-refractivity contribution in [2.45, 2.75) is 75.3 Å². The zero-order valence-corrected chi connectivity index (χ0v) is 24.1. The van der Waals surface area contributed by atoms with Gasteiger partial charge in [0.05, 0.1) is 10.9 Å². The van der Waals surface area contributed by atoms with Crippen molar-refractivity contribution >= 4 is 27.3 Å². The molecule has 9 nitrogen and oxygen atoms in total. The molecule has 2 N–H and O–H groups in total. The maximum Gasteiger partial charge on any atom is 0.400 e. The van der Waals surface area contributed by atoms with Crippen LogP contribution in [0, 0.1) is 5.92 Å². The number of hydrogen-bond acceptors (Lipinski definition) is 7. The van der Waals surface area contributed by atoms with E-state index in [0.29, 0.717) is 12.3 Å². The van der Waals surface area contributed by atoms with E-state index in [4.69, 9.17) is 11.6 Å². The number of pyridine rings is 1. The molecule has 1 saturated carbocycles. The van der Waals surface area contributed by atoms with Gasteiger partial charge in [0.25, 0.3) is 5.91 Å². The molecular weight excluding hydrogens is 644 g/mol. The minimum atomic E-state index is -5.69. The lowest BCUT2D eigenvalue weighted by Gasteiger charge is -2.35. The van der Waals surface area contributed by atoms with Crippen molar-refractivity contribution in [1.29, 1.82) is 0 Å². The van der Waals surface area contributed by atoms with Crippen molar-refractivity contribution in [2.24, 2.45) is 5.92 Å². The molecule has 0 atom stereocenters. The fourth-order valence-electron chi connectivity index (χ4n) is 4.70. The molecule has 2 heterocycles. The zero-order chi connectivity index (χ0) is 32.5. The zero-order valence-electron chi connectivity index (χ0n) is 22.6. The summed E-state index contributed by atoms with van der Waals surface area (Å²) in [6.07, 6.45) is -10.9. The van der Waals surface area contributed by atoms with Crippen LogP contribution in [0.3, 0.4) is 0 Å². The second-order valence-corrected chi connectivity index (χ2v) is 12.9. The van der Waals surface area contributed by atoms with Gasteiger partial charge in [-0.1, -0.05) is 18.5 Å². The van der Waals surface area contributed by atoms with E-state index < -0.39 is 85.9 Å². The fraction of sp³-hybridized carbons (Fsp3) is 0.625. The van der Waals surface area contributed by atoms with Crippen LogP contribution in [-0.4, -0.2) is 76.6 Å². The molecular formula is C24H27ClF8N4O5S. The summed E-state index contributed by atoms with van der Waals surface area (Å²) >= 11 is 6.35. The van der Waals surface area contributed by atoms with Crippen molar-refractivity contribution in [3.63, 3.8) is 0 Å². The number of hydrogen-bond donors (Lipinski definition) is 2. The van der Waals surface area contributed by atoms with Gasteiger partial charge in [-0.2, -0.15) is 35.1 Å². The highest BCUT2D eigenvalue weighted by molar-refractivity contribution is 7.91. The molecule has 0 radical (unpaired) electrons. The fourth-order valence-corrected chi connectivity index (χ4v) is 6.09. The Labute approximate surface area is 245 Å². The van der Waals surface area contributed by atoms with Gasteiger partial charge in [-0.25, -0.2) is 18.4 Å². The largest absolute Gasteiger partial charge is 0.431 e. The van der Waals surface area contributed by atoms with Crippen LogP contribution in [0.15, 0.2) is 12.3 Å². The number of aliphatic hydroxyl groups is 1. The molecule has 0 aliphatic heterocycles. The van der Waals surface area contributed by atoms with Gasteiger partial charge in [-0.3, -0.25) is 9.36 Å².